The number of hydrogen-bond donors (Lipinski definition) is 0. The van der Waals surface area contributed by atoms with Gasteiger partial charge in [-0.1, -0.05) is 35.6 Å². The molecule has 0 aliphatic rings. The van der Waals surface area contributed by atoms with Gasteiger partial charge in [0.25, 0.3) is 0 Å². The molecule has 0 aliphatic heterocycles. The first-order chi connectivity index (χ1) is 14.1. The normalized spacial score (nSPS) is 12.0. The standard InChI is InChI=1S/C22H26N2O4S/c1-4-26-20(21(25)27-5-2)16-10-12-17(13-11-16)28-15-14-24(3)22-23-18-8-6-7-9-19(18)29-22/h6-13,20H,4-5,14-15H2,1-3H3. The molecule has 0 N–H and O–H groups in total. The highest BCUT2D eigenvalue weighted by atomic mass is 32.1. The third kappa shape index (κ3) is 5.46. The minimum absolute atomic E-state index is 0.325. The number of rotatable bonds is 10. The van der Waals surface area contributed by atoms with Crippen molar-refractivity contribution in [3.8, 4) is 5.75 Å². The summed E-state index contributed by atoms with van der Waals surface area (Å²) in [5.74, 6) is 0.367. The molecule has 0 aliphatic carbocycles. The first-order valence-corrected chi connectivity index (χ1v) is 10.5. The van der Waals surface area contributed by atoms with Gasteiger partial charge in [0.05, 0.1) is 23.4 Å². The van der Waals surface area contributed by atoms with Crippen LogP contribution in [0, 0.1) is 0 Å². The van der Waals surface area contributed by atoms with Crippen molar-refractivity contribution < 1.29 is 19.0 Å². The maximum Gasteiger partial charge on any atom is 0.339 e. The Morgan fingerprint density at radius 3 is 2.55 bits per heavy atom. The average Bonchev–Trinajstić information content (AvgIpc) is 3.17. The maximum atomic E-state index is 12.1. The number of aromatic nitrogens is 1. The van der Waals surface area contributed by atoms with Crippen molar-refractivity contribution in [3.63, 3.8) is 0 Å². The van der Waals surface area contributed by atoms with Crippen LogP contribution in [0.4, 0.5) is 5.13 Å². The molecule has 0 bridgehead atoms. The number of thiazole rings is 1. The predicted molar refractivity (Wildman–Crippen MR) is 116 cm³/mol. The van der Waals surface area contributed by atoms with Gasteiger partial charge >= 0.3 is 5.97 Å². The van der Waals surface area contributed by atoms with Crippen LogP contribution in [0.3, 0.4) is 0 Å². The summed E-state index contributed by atoms with van der Waals surface area (Å²) < 4.78 is 17.7. The molecule has 0 saturated carbocycles. The molecule has 7 heteroatoms. The first kappa shape index (κ1) is 21.1. The molecule has 0 saturated heterocycles. The van der Waals surface area contributed by atoms with Crippen molar-refractivity contribution in [1.29, 1.82) is 0 Å². The average molecular weight is 415 g/mol. The molecule has 0 fully saturated rings. The van der Waals surface area contributed by atoms with Gasteiger partial charge < -0.3 is 19.1 Å². The van der Waals surface area contributed by atoms with Gasteiger partial charge in [-0.2, -0.15) is 0 Å². The number of carbonyl (C=O) groups excluding carboxylic acids is 1. The lowest BCUT2D eigenvalue weighted by atomic mass is 10.1. The second-order valence-corrected chi connectivity index (χ2v) is 7.40. The van der Waals surface area contributed by atoms with E-state index in [1.54, 1.807) is 18.3 Å². The molecule has 0 amide bonds. The van der Waals surface area contributed by atoms with E-state index < -0.39 is 6.10 Å². The monoisotopic (exact) mass is 414 g/mol. The number of anilines is 1. The second kappa shape index (κ2) is 10.2. The Labute approximate surface area is 175 Å². The number of likely N-dealkylation sites (N-methyl/N-ethyl adjacent to an activating group) is 1. The van der Waals surface area contributed by atoms with Gasteiger partial charge in [-0.3, -0.25) is 0 Å². The molecule has 2 aromatic carbocycles. The van der Waals surface area contributed by atoms with Crippen LogP contribution in [0.5, 0.6) is 5.75 Å². The number of nitrogens with zero attached hydrogens (tertiary/aromatic N) is 2. The number of esters is 1. The van der Waals surface area contributed by atoms with Gasteiger partial charge in [0.15, 0.2) is 11.2 Å². The van der Waals surface area contributed by atoms with Crippen LogP contribution in [0.15, 0.2) is 48.5 Å². The van der Waals surface area contributed by atoms with Gasteiger partial charge in [0.1, 0.15) is 12.4 Å². The Bertz CT molecular complexity index is 893. The number of ether oxygens (including phenoxy) is 3. The van der Waals surface area contributed by atoms with Crippen molar-refractivity contribution in [1.82, 2.24) is 4.98 Å². The van der Waals surface area contributed by atoms with Crippen molar-refractivity contribution in [2.75, 3.05) is 38.3 Å². The molecule has 3 rings (SSSR count). The van der Waals surface area contributed by atoms with E-state index >= 15 is 0 Å². The lowest BCUT2D eigenvalue weighted by Crippen LogP contribution is -2.23. The highest BCUT2D eigenvalue weighted by Gasteiger charge is 2.22. The fourth-order valence-electron chi connectivity index (χ4n) is 2.84. The smallest absolute Gasteiger partial charge is 0.339 e. The molecule has 0 radical (unpaired) electrons. The molecule has 154 valence electrons. The van der Waals surface area contributed by atoms with Gasteiger partial charge in [0.2, 0.25) is 0 Å². The number of hydrogen-bond acceptors (Lipinski definition) is 7. The molecule has 0 spiro atoms. The lowest BCUT2D eigenvalue weighted by Gasteiger charge is -2.17. The minimum atomic E-state index is -0.709. The first-order valence-electron chi connectivity index (χ1n) is 9.70. The van der Waals surface area contributed by atoms with Crippen LogP contribution in [-0.4, -0.2) is 44.4 Å². The van der Waals surface area contributed by atoms with Gasteiger partial charge in [-0.25, -0.2) is 9.78 Å². The molecule has 29 heavy (non-hydrogen) atoms. The zero-order chi connectivity index (χ0) is 20.6. The Hall–Kier alpha value is -2.64. The topological polar surface area (TPSA) is 60.9 Å². The molecule has 1 atom stereocenters. The summed E-state index contributed by atoms with van der Waals surface area (Å²) in [4.78, 5) is 18.8. The van der Waals surface area contributed by atoms with Crippen LogP contribution in [-0.2, 0) is 14.3 Å². The van der Waals surface area contributed by atoms with Crippen molar-refractivity contribution in [3.05, 3.63) is 54.1 Å². The quantitative estimate of drug-likeness (QED) is 0.457. The number of benzene rings is 2. The van der Waals surface area contributed by atoms with Crippen molar-refractivity contribution in [2.24, 2.45) is 0 Å². The Kier molecular flexibility index (Phi) is 7.43. The molecular weight excluding hydrogens is 388 g/mol. The van der Waals surface area contributed by atoms with Crippen LogP contribution in [0.1, 0.15) is 25.5 Å². The molecule has 6 nitrogen and oxygen atoms in total. The van der Waals surface area contributed by atoms with Crippen molar-refractivity contribution >= 4 is 32.7 Å². The molecule has 3 aromatic rings. The van der Waals surface area contributed by atoms with E-state index in [2.05, 4.69) is 16.0 Å². The van der Waals surface area contributed by atoms with E-state index in [-0.39, 0.29) is 5.97 Å². The highest BCUT2D eigenvalue weighted by Crippen LogP contribution is 2.27. The summed E-state index contributed by atoms with van der Waals surface area (Å²) in [5.41, 5.74) is 1.77. The number of para-hydroxylation sites is 1. The van der Waals surface area contributed by atoms with Crippen LogP contribution < -0.4 is 9.64 Å². The van der Waals surface area contributed by atoms with E-state index in [0.717, 1.165) is 22.0 Å². The van der Waals surface area contributed by atoms with E-state index in [1.165, 1.54) is 4.70 Å². The highest BCUT2D eigenvalue weighted by molar-refractivity contribution is 7.22. The Balaban J connectivity index is 1.54. The van der Waals surface area contributed by atoms with E-state index in [1.807, 2.05) is 56.4 Å². The third-order valence-electron chi connectivity index (χ3n) is 4.32. The minimum Gasteiger partial charge on any atom is -0.492 e. The molecular formula is C22H26N2O4S. The summed E-state index contributed by atoms with van der Waals surface area (Å²) >= 11 is 1.67. The molecule has 1 heterocycles. The van der Waals surface area contributed by atoms with Crippen LogP contribution >= 0.6 is 11.3 Å². The largest absolute Gasteiger partial charge is 0.492 e. The Morgan fingerprint density at radius 2 is 1.86 bits per heavy atom. The zero-order valence-corrected chi connectivity index (χ0v) is 17.8. The lowest BCUT2D eigenvalue weighted by molar-refractivity contribution is -0.157. The fourth-order valence-corrected chi connectivity index (χ4v) is 3.80. The van der Waals surface area contributed by atoms with Gasteiger partial charge in [-0.15, -0.1) is 0 Å². The molecule has 1 unspecified atom stereocenters. The van der Waals surface area contributed by atoms with E-state index in [4.69, 9.17) is 14.2 Å². The second-order valence-electron chi connectivity index (χ2n) is 6.39. The summed E-state index contributed by atoms with van der Waals surface area (Å²) in [6, 6.07) is 15.5. The fraction of sp³-hybridized carbons (Fsp3) is 0.364. The Morgan fingerprint density at radius 1 is 1.10 bits per heavy atom. The summed E-state index contributed by atoms with van der Waals surface area (Å²) in [7, 11) is 2.01. The van der Waals surface area contributed by atoms with Gasteiger partial charge in [0, 0.05) is 13.7 Å². The predicted octanol–water partition coefficient (Wildman–Crippen LogP) is 4.45. The molecule has 1 aromatic heterocycles. The summed E-state index contributed by atoms with van der Waals surface area (Å²) in [5, 5.41) is 0.971. The number of fused-ring (bicyclic) bond motifs is 1. The van der Waals surface area contributed by atoms with E-state index in [9.17, 15) is 4.79 Å². The zero-order valence-electron chi connectivity index (χ0n) is 17.0. The van der Waals surface area contributed by atoms with Crippen LogP contribution in [0.2, 0.25) is 0 Å². The van der Waals surface area contributed by atoms with E-state index in [0.29, 0.717) is 26.4 Å². The maximum absolute atomic E-state index is 12.1. The van der Waals surface area contributed by atoms with Crippen LogP contribution in [0.25, 0.3) is 10.2 Å². The van der Waals surface area contributed by atoms with Gasteiger partial charge in [-0.05, 0) is 43.7 Å². The number of carbonyl (C=O) groups is 1. The van der Waals surface area contributed by atoms with Crippen molar-refractivity contribution in [2.45, 2.75) is 20.0 Å². The summed E-state index contributed by atoms with van der Waals surface area (Å²) in [6.45, 7) is 5.63. The SMILES string of the molecule is CCOC(=O)C(OCC)c1ccc(OCCN(C)c2nc3ccccc3s2)cc1. The summed E-state index contributed by atoms with van der Waals surface area (Å²) in [6.07, 6.45) is -0.709. The third-order valence-corrected chi connectivity index (χ3v) is 5.47.